The first-order chi connectivity index (χ1) is 25.9. The maximum absolute atomic E-state index is 13.4. The number of aromatic nitrogens is 2. The number of aliphatic carboxylic acids is 2. The number of nitrogens with zero attached hydrogens (tertiary/aromatic N) is 2. The normalized spacial score (nSPS) is 18.8. The van der Waals surface area contributed by atoms with Crippen LogP contribution in [0.15, 0.2) is 60.9 Å². The molecular weight excluding hydrogens is 692 g/mol. The molecule has 0 bridgehead atoms. The summed E-state index contributed by atoms with van der Waals surface area (Å²) in [6, 6.07) is 14.6. The van der Waals surface area contributed by atoms with Crippen LogP contribution in [0.5, 0.6) is 11.5 Å². The Morgan fingerprint density at radius 2 is 1.06 bits per heavy atom. The summed E-state index contributed by atoms with van der Waals surface area (Å²) in [6.45, 7) is 4.69. The highest BCUT2D eigenvalue weighted by molar-refractivity contribution is 6.05. The van der Waals surface area contributed by atoms with Crippen LogP contribution in [-0.2, 0) is 22.7 Å². The largest absolute Gasteiger partial charge is 0.496 e. The molecule has 2 aliphatic carbocycles. The van der Waals surface area contributed by atoms with Crippen molar-refractivity contribution in [3.8, 4) is 22.6 Å². The molecule has 2 aromatic heterocycles. The van der Waals surface area contributed by atoms with Crippen molar-refractivity contribution in [2.45, 2.75) is 64.7 Å². The molecule has 6 rings (SSSR count). The van der Waals surface area contributed by atoms with Crippen LogP contribution < -0.4 is 30.7 Å². The van der Waals surface area contributed by atoms with E-state index >= 15 is 0 Å². The predicted octanol–water partition coefficient (Wildman–Crippen LogP) is 5.19. The molecule has 14 nitrogen and oxygen atoms in total. The van der Waals surface area contributed by atoms with Gasteiger partial charge in [-0.25, -0.2) is 0 Å². The minimum absolute atomic E-state index is 0.109. The number of nitrogens with one attached hydrogen (secondary N) is 4. The molecule has 0 aliphatic heterocycles. The van der Waals surface area contributed by atoms with Crippen molar-refractivity contribution < 1.29 is 38.9 Å². The Bertz CT molecular complexity index is 1930. The van der Waals surface area contributed by atoms with Gasteiger partial charge in [-0.3, -0.25) is 29.1 Å². The number of amides is 2. The van der Waals surface area contributed by atoms with Crippen molar-refractivity contribution in [1.82, 2.24) is 20.6 Å². The van der Waals surface area contributed by atoms with Gasteiger partial charge < -0.3 is 41.0 Å². The zero-order valence-electron chi connectivity index (χ0n) is 30.6. The van der Waals surface area contributed by atoms with Gasteiger partial charge in [-0.2, -0.15) is 0 Å². The third kappa shape index (κ3) is 8.35. The fourth-order valence-electron chi connectivity index (χ4n) is 6.80. The first kappa shape index (κ1) is 37.9. The molecule has 54 heavy (non-hydrogen) atoms. The number of rotatable bonds is 15. The maximum atomic E-state index is 13.4. The summed E-state index contributed by atoms with van der Waals surface area (Å²) in [5.74, 6) is -1.99. The lowest BCUT2D eigenvalue weighted by atomic mass is 9.80. The predicted molar refractivity (Wildman–Crippen MR) is 201 cm³/mol. The average molecular weight is 737 g/mol. The molecule has 0 saturated heterocycles. The molecule has 0 radical (unpaired) electrons. The van der Waals surface area contributed by atoms with Crippen molar-refractivity contribution in [3.05, 3.63) is 94.6 Å². The molecule has 2 aromatic carbocycles. The summed E-state index contributed by atoms with van der Waals surface area (Å²) in [5.41, 5.74) is 6.45. The molecule has 0 atom stereocenters. The van der Waals surface area contributed by atoms with E-state index in [1.54, 1.807) is 24.5 Å². The van der Waals surface area contributed by atoms with Crippen molar-refractivity contribution in [3.63, 3.8) is 0 Å². The van der Waals surface area contributed by atoms with Crippen LogP contribution in [0.1, 0.15) is 68.9 Å². The highest BCUT2D eigenvalue weighted by Crippen LogP contribution is 2.35. The quantitative estimate of drug-likeness (QED) is 0.0935. The Kier molecular flexibility index (Phi) is 11.5. The number of hydrogen-bond donors (Lipinski definition) is 6. The van der Waals surface area contributed by atoms with E-state index < -0.39 is 23.8 Å². The molecular formula is C40H44N6O8. The van der Waals surface area contributed by atoms with Crippen LogP contribution in [0, 0.1) is 25.7 Å². The Morgan fingerprint density at radius 3 is 1.41 bits per heavy atom. The minimum Gasteiger partial charge on any atom is -0.496 e. The number of carbonyl (C=O) groups excluding carboxylic acids is 2. The van der Waals surface area contributed by atoms with Crippen molar-refractivity contribution in [1.29, 1.82) is 0 Å². The van der Waals surface area contributed by atoms with Gasteiger partial charge in [0, 0.05) is 72.2 Å². The first-order valence-corrected chi connectivity index (χ1v) is 17.8. The lowest BCUT2D eigenvalue weighted by Gasteiger charge is -2.33. The topological polar surface area (TPSA) is 201 Å². The lowest BCUT2D eigenvalue weighted by molar-refractivity contribution is -0.146. The second kappa shape index (κ2) is 16.4. The molecule has 2 saturated carbocycles. The second-order valence-electron chi connectivity index (χ2n) is 13.8. The van der Waals surface area contributed by atoms with Gasteiger partial charge in [-0.15, -0.1) is 0 Å². The van der Waals surface area contributed by atoms with Gasteiger partial charge in [-0.1, -0.05) is 24.3 Å². The molecule has 0 unspecified atom stereocenters. The second-order valence-corrected chi connectivity index (χ2v) is 13.8. The molecule has 4 aromatic rings. The van der Waals surface area contributed by atoms with Gasteiger partial charge in [0.25, 0.3) is 11.8 Å². The van der Waals surface area contributed by atoms with Crippen molar-refractivity contribution >= 4 is 35.1 Å². The number of hydrogen-bond acceptors (Lipinski definition) is 10. The Balaban J connectivity index is 1.11. The fourth-order valence-corrected chi connectivity index (χ4v) is 6.80. The summed E-state index contributed by atoms with van der Waals surface area (Å²) in [4.78, 5) is 57.8. The standard InChI is InChI=1S/C40H44N6O8/c1-21-29(7-5-9-31(21)45-37(47)33-15-35(53-3)25(19-43-33)17-41-27-11-23(12-27)39(49)50)30-8-6-10-32(22(30)2)46-38(48)34-16-36(54-4)26(20-44-34)18-42-28-13-24(14-28)40(51)52/h5-10,15-16,19-20,23-24,27-28,41-42H,11-14,17-18H2,1-4H3,(H,45,47)(H,46,48)(H,49,50)(H,51,52). The molecule has 6 N–H and O–H groups in total. The van der Waals surface area contributed by atoms with E-state index in [0.29, 0.717) is 61.6 Å². The molecule has 0 spiro atoms. The number of anilines is 2. The van der Waals surface area contributed by atoms with Crippen molar-refractivity contribution in [2.75, 3.05) is 24.9 Å². The Morgan fingerprint density at radius 1 is 0.667 bits per heavy atom. The zero-order valence-corrected chi connectivity index (χ0v) is 30.6. The Labute approximate surface area is 312 Å². The van der Waals surface area contributed by atoms with Gasteiger partial charge in [0.05, 0.1) is 26.1 Å². The maximum Gasteiger partial charge on any atom is 0.306 e. The summed E-state index contributed by atoms with van der Waals surface area (Å²) < 4.78 is 11.1. The number of carbonyl (C=O) groups is 4. The van der Waals surface area contributed by atoms with E-state index in [4.69, 9.17) is 19.7 Å². The Hall–Kier alpha value is -5.86. The number of ether oxygens (including phenoxy) is 2. The molecule has 282 valence electrons. The van der Waals surface area contributed by atoms with Crippen LogP contribution in [0.3, 0.4) is 0 Å². The highest BCUT2D eigenvalue weighted by atomic mass is 16.5. The summed E-state index contributed by atoms with van der Waals surface area (Å²) in [7, 11) is 3.05. The third-order valence-corrected chi connectivity index (χ3v) is 10.4. The fraction of sp³-hybridized carbons (Fsp3) is 0.350. The van der Waals surface area contributed by atoms with Crippen LogP contribution in [-0.4, -0.2) is 70.2 Å². The van der Waals surface area contributed by atoms with Gasteiger partial charge in [0.1, 0.15) is 22.9 Å². The zero-order chi connectivity index (χ0) is 38.5. The average Bonchev–Trinajstić information content (AvgIpc) is 3.11. The first-order valence-electron chi connectivity index (χ1n) is 17.8. The summed E-state index contributed by atoms with van der Waals surface area (Å²) in [5, 5.41) is 30.9. The van der Waals surface area contributed by atoms with E-state index in [9.17, 15) is 19.2 Å². The SMILES string of the molecule is COc1cc(C(=O)Nc2cccc(-c3cccc(NC(=O)c4cc(OC)c(CNC5CC(C(=O)O)C5)cn4)c3C)c2C)ncc1CNC1CC(C(=O)O)C1. The van der Waals surface area contributed by atoms with E-state index in [2.05, 4.69) is 31.2 Å². The number of pyridine rings is 2. The number of carboxylic acid groups (broad SMARTS) is 2. The van der Waals surface area contributed by atoms with Crippen LogP contribution in [0.4, 0.5) is 11.4 Å². The van der Waals surface area contributed by atoms with Crippen LogP contribution in [0.25, 0.3) is 11.1 Å². The van der Waals surface area contributed by atoms with E-state index in [1.165, 1.54) is 14.2 Å². The lowest BCUT2D eigenvalue weighted by Crippen LogP contribution is -2.43. The number of methoxy groups -OCH3 is 2. The molecule has 2 heterocycles. The van der Waals surface area contributed by atoms with Gasteiger partial charge in [0.2, 0.25) is 0 Å². The minimum atomic E-state index is -0.774. The van der Waals surface area contributed by atoms with E-state index in [-0.39, 0.29) is 35.3 Å². The van der Waals surface area contributed by atoms with E-state index in [1.807, 2.05) is 50.2 Å². The molecule has 2 aliphatic rings. The number of carboxylic acids is 2. The van der Waals surface area contributed by atoms with Crippen molar-refractivity contribution in [2.24, 2.45) is 11.8 Å². The number of benzene rings is 2. The van der Waals surface area contributed by atoms with Gasteiger partial charge in [-0.05, 0) is 73.9 Å². The summed E-state index contributed by atoms with van der Waals surface area (Å²) >= 11 is 0. The molecule has 2 fully saturated rings. The van der Waals surface area contributed by atoms with Gasteiger partial charge >= 0.3 is 11.9 Å². The summed E-state index contributed by atoms with van der Waals surface area (Å²) in [6.07, 6.45) is 5.48. The van der Waals surface area contributed by atoms with Crippen LogP contribution in [0.2, 0.25) is 0 Å². The third-order valence-electron chi connectivity index (χ3n) is 10.4. The van der Waals surface area contributed by atoms with Crippen LogP contribution >= 0.6 is 0 Å². The van der Waals surface area contributed by atoms with E-state index in [0.717, 1.165) is 33.4 Å². The van der Waals surface area contributed by atoms with Gasteiger partial charge in [0.15, 0.2) is 0 Å². The smallest absolute Gasteiger partial charge is 0.306 e. The monoisotopic (exact) mass is 736 g/mol. The molecule has 2 amide bonds. The highest BCUT2D eigenvalue weighted by Gasteiger charge is 2.35. The molecule has 14 heteroatoms.